The molecule has 0 aliphatic rings. The molecule has 1 aromatic carbocycles. The van der Waals surface area contributed by atoms with E-state index in [0.29, 0.717) is 5.56 Å². The van der Waals surface area contributed by atoms with Crippen molar-refractivity contribution < 1.29 is 28.0 Å². The number of aromatic hydroxyl groups is 1. The summed E-state index contributed by atoms with van der Waals surface area (Å²) in [6, 6.07) is 3.84. The fraction of sp³-hybridized carbons (Fsp3) is 0.222. The normalized spacial score (nSPS) is 12.3. The number of carboxylic acids is 1. The molecule has 0 aromatic heterocycles. The molecule has 0 spiro atoms. The summed E-state index contributed by atoms with van der Waals surface area (Å²) >= 11 is -2.58. The Kier molecular flexibility index (Phi) is 4.41. The second-order valence-electron chi connectivity index (χ2n) is 2.92. The van der Waals surface area contributed by atoms with Crippen molar-refractivity contribution in [3.8, 4) is 5.75 Å². The van der Waals surface area contributed by atoms with Crippen LogP contribution < -0.4 is 0 Å². The van der Waals surface area contributed by atoms with E-state index < -0.39 is 17.3 Å². The van der Waals surface area contributed by atoms with E-state index in [-0.39, 0.29) is 24.3 Å². The van der Waals surface area contributed by atoms with E-state index in [1.165, 1.54) is 12.1 Å². The van der Waals surface area contributed by atoms with Crippen molar-refractivity contribution in [1.29, 1.82) is 0 Å². The van der Waals surface area contributed by atoms with Gasteiger partial charge in [-0.2, -0.15) is 0 Å². The van der Waals surface area contributed by atoms with E-state index in [2.05, 4.69) is 4.18 Å². The van der Waals surface area contributed by atoms with Crippen LogP contribution in [0.1, 0.15) is 15.9 Å². The van der Waals surface area contributed by atoms with Crippen LogP contribution in [-0.4, -0.2) is 31.6 Å². The van der Waals surface area contributed by atoms with Crippen LogP contribution in [0.4, 0.5) is 0 Å². The van der Waals surface area contributed by atoms with E-state index in [1.807, 2.05) is 0 Å². The second kappa shape index (κ2) is 5.59. The molecule has 0 heterocycles. The van der Waals surface area contributed by atoms with Crippen LogP contribution in [0.5, 0.6) is 5.75 Å². The molecule has 0 aliphatic heterocycles. The number of aromatic carboxylic acids is 1. The van der Waals surface area contributed by atoms with Crippen molar-refractivity contribution in [2.75, 3.05) is 6.61 Å². The number of hydrogen-bond acceptors (Lipinski definition) is 5. The topological polar surface area (TPSA) is 107 Å². The van der Waals surface area contributed by atoms with Gasteiger partial charge in [-0.05, 0) is 17.7 Å². The Bertz CT molecular complexity index is 416. The van der Waals surface area contributed by atoms with Crippen LogP contribution in [0, 0.1) is 0 Å². The molecule has 0 saturated carbocycles. The SMILES string of the molecule is O=C(O)c1ccc(CCOS(=O)[O-])c(O)c1. The number of benzene rings is 1. The summed E-state index contributed by atoms with van der Waals surface area (Å²) in [4.78, 5) is 10.6. The first-order chi connectivity index (χ1) is 7.50. The molecule has 7 heteroatoms. The molecule has 0 aliphatic carbocycles. The van der Waals surface area contributed by atoms with E-state index in [0.717, 1.165) is 6.07 Å². The van der Waals surface area contributed by atoms with Crippen LogP contribution >= 0.6 is 0 Å². The fourth-order valence-corrected chi connectivity index (χ4v) is 1.35. The molecule has 88 valence electrons. The first kappa shape index (κ1) is 12.6. The minimum absolute atomic E-state index is 0.0328. The molecule has 1 rings (SSSR count). The molecule has 0 amide bonds. The predicted octanol–water partition coefficient (Wildman–Crippen LogP) is 0.444. The maximum absolute atomic E-state index is 10.6. The molecule has 0 fully saturated rings. The monoisotopic (exact) mass is 245 g/mol. The summed E-state index contributed by atoms with van der Waals surface area (Å²) in [6.07, 6.45) is 0.180. The Balaban J connectivity index is 2.68. The van der Waals surface area contributed by atoms with Gasteiger partial charge in [-0.3, -0.25) is 0 Å². The summed E-state index contributed by atoms with van der Waals surface area (Å²) in [5.41, 5.74) is 0.394. The third kappa shape index (κ3) is 3.61. The summed E-state index contributed by atoms with van der Waals surface area (Å²) in [5, 5.41) is 18.1. The fourth-order valence-electron chi connectivity index (χ4n) is 1.13. The van der Waals surface area contributed by atoms with Gasteiger partial charge in [0.1, 0.15) is 5.75 Å². The second-order valence-corrected chi connectivity index (χ2v) is 3.57. The highest BCUT2D eigenvalue weighted by molar-refractivity contribution is 7.74. The lowest BCUT2D eigenvalue weighted by Gasteiger charge is -2.07. The Morgan fingerprint density at radius 3 is 2.69 bits per heavy atom. The molecule has 1 unspecified atom stereocenters. The summed E-state index contributed by atoms with van der Waals surface area (Å²) < 4.78 is 24.4. The maximum atomic E-state index is 10.6. The van der Waals surface area contributed by atoms with Crippen molar-refractivity contribution in [3.63, 3.8) is 0 Å². The molecular formula is C9H9O6S-. The number of phenols is 1. The van der Waals surface area contributed by atoms with Gasteiger partial charge in [0.2, 0.25) is 0 Å². The lowest BCUT2D eigenvalue weighted by Crippen LogP contribution is -2.02. The lowest BCUT2D eigenvalue weighted by atomic mass is 10.1. The zero-order valence-electron chi connectivity index (χ0n) is 8.08. The smallest absolute Gasteiger partial charge is 0.335 e. The van der Waals surface area contributed by atoms with Gasteiger partial charge >= 0.3 is 5.97 Å². The van der Waals surface area contributed by atoms with Crippen molar-refractivity contribution in [2.24, 2.45) is 0 Å². The van der Waals surface area contributed by atoms with Crippen LogP contribution in [0.2, 0.25) is 0 Å². The number of phenolic OH excluding ortho intramolecular Hbond substituents is 1. The molecule has 2 N–H and O–H groups in total. The average molecular weight is 245 g/mol. The highest BCUT2D eigenvalue weighted by Gasteiger charge is 2.07. The summed E-state index contributed by atoms with van der Waals surface area (Å²) in [5.74, 6) is -1.33. The minimum atomic E-state index is -2.58. The predicted molar refractivity (Wildman–Crippen MR) is 53.6 cm³/mol. The maximum Gasteiger partial charge on any atom is 0.335 e. The van der Waals surface area contributed by atoms with Crippen LogP contribution in [-0.2, 0) is 22.0 Å². The number of rotatable bonds is 5. The quantitative estimate of drug-likeness (QED) is 0.729. The lowest BCUT2D eigenvalue weighted by molar-refractivity contribution is 0.0696. The Morgan fingerprint density at radius 2 is 2.19 bits per heavy atom. The van der Waals surface area contributed by atoms with Gasteiger partial charge in [0.05, 0.1) is 23.5 Å². The van der Waals surface area contributed by atoms with Crippen LogP contribution in [0.3, 0.4) is 0 Å². The van der Waals surface area contributed by atoms with E-state index >= 15 is 0 Å². The van der Waals surface area contributed by atoms with Crippen molar-refractivity contribution in [2.45, 2.75) is 6.42 Å². The van der Waals surface area contributed by atoms with E-state index in [9.17, 15) is 18.7 Å². The zero-order valence-corrected chi connectivity index (χ0v) is 8.90. The minimum Gasteiger partial charge on any atom is -0.750 e. The first-order valence-electron chi connectivity index (χ1n) is 4.28. The van der Waals surface area contributed by atoms with Crippen LogP contribution in [0.15, 0.2) is 18.2 Å². The molecule has 0 radical (unpaired) electrons. The Hall–Kier alpha value is -1.44. The van der Waals surface area contributed by atoms with E-state index in [4.69, 9.17) is 5.11 Å². The number of hydrogen-bond donors (Lipinski definition) is 2. The van der Waals surface area contributed by atoms with Gasteiger partial charge in [-0.1, -0.05) is 6.07 Å². The van der Waals surface area contributed by atoms with Gasteiger partial charge < -0.3 is 18.9 Å². The highest BCUT2D eigenvalue weighted by Crippen LogP contribution is 2.19. The summed E-state index contributed by atoms with van der Waals surface area (Å²) in [6.45, 7) is -0.101. The Labute approximate surface area is 94.0 Å². The summed E-state index contributed by atoms with van der Waals surface area (Å²) in [7, 11) is 0. The molecule has 1 atom stereocenters. The third-order valence-corrected chi connectivity index (χ3v) is 2.24. The van der Waals surface area contributed by atoms with Crippen molar-refractivity contribution >= 4 is 17.3 Å². The molecule has 0 bridgehead atoms. The van der Waals surface area contributed by atoms with Crippen molar-refractivity contribution in [1.82, 2.24) is 0 Å². The number of carbonyl (C=O) groups is 1. The van der Waals surface area contributed by atoms with Gasteiger partial charge in [-0.15, -0.1) is 0 Å². The molecule has 1 aromatic rings. The first-order valence-corrected chi connectivity index (χ1v) is 5.28. The molecule has 0 saturated heterocycles. The molecule has 6 nitrogen and oxygen atoms in total. The van der Waals surface area contributed by atoms with Gasteiger partial charge in [-0.25, -0.2) is 9.00 Å². The third-order valence-electron chi connectivity index (χ3n) is 1.88. The van der Waals surface area contributed by atoms with Crippen LogP contribution in [0.25, 0.3) is 0 Å². The van der Waals surface area contributed by atoms with Gasteiger partial charge in [0.15, 0.2) is 0 Å². The van der Waals surface area contributed by atoms with Gasteiger partial charge in [0, 0.05) is 6.42 Å². The molecule has 16 heavy (non-hydrogen) atoms. The average Bonchev–Trinajstić information content (AvgIpc) is 2.19. The van der Waals surface area contributed by atoms with Crippen molar-refractivity contribution in [3.05, 3.63) is 29.3 Å². The number of carboxylic acid groups (broad SMARTS) is 1. The van der Waals surface area contributed by atoms with E-state index in [1.54, 1.807) is 0 Å². The standard InChI is InChI=1S/C9H10O6S/c10-8-5-7(9(11)12)2-1-6(8)3-4-15-16(13)14/h1-2,5,10H,3-4H2,(H,11,12)(H,13,14)/p-1. The Morgan fingerprint density at radius 1 is 1.50 bits per heavy atom. The van der Waals surface area contributed by atoms with Gasteiger partial charge in [0.25, 0.3) is 0 Å². The molecular weight excluding hydrogens is 236 g/mol. The zero-order chi connectivity index (χ0) is 12.1. The largest absolute Gasteiger partial charge is 0.750 e. The highest BCUT2D eigenvalue weighted by atomic mass is 32.2.